The minimum absolute atomic E-state index is 0.151. The van der Waals surface area contributed by atoms with Crippen LogP contribution in [0, 0.1) is 0 Å². The van der Waals surface area contributed by atoms with Gasteiger partial charge in [0.15, 0.2) is 11.5 Å². The Morgan fingerprint density at radius 2 is 1.65 bits per heavy atom. The molecule has 166 valence electrons. The summed E-state index contributed by atoms with van der Waals surface area (Å²) in [5.41, 5.74) is 2.33. The summed E-state index contributed by atoms with van der Waals surface area (Å²) in [5.74, 6) is 2.66. The van der Waals surface area contributed by atoms with Crippen LogP contribution in [0.4, 0.5) is 0 Å². The SMILES string of the molecule is CCOc1ccc(CN(C)C(=O)CN2CCN(Cc3ccc4c(c3)OCO4)CC2)cc1. The third-order valence-corrected chi connectivity index (χ3v) is 5.75. The van der Waals surface area contributed by atoms with Gasteiger partial charge in [-0.15, -0.1) is 0 Å². The Labute approximate surface area is 184 Å². The third-order valence-electron chi connectivity index (χ3n) is 5.75. The Hall–Kier alpha value is -2.77. The predicted octanol–water partition coefficient (Wildman–Crippen LogP) is 2.59. The van der Waals surface area contributed by atoms with Crippen molar-refractivity contribution in [1.29, 1.82) is 0 Å². The van der Waals surface area contributed by atoms with Crippen LogP contribution in [0.1, 0.15) is 18.1 Å². The van der Waals surface area contributed by atoms with Crippen molar-refractivity contribution < 1.29 is 19.0 Å². The summed E-state index contributed by atoms with van der Waals surface area (Å²) in [6, 6.07) is 14.1. The molecule has 0 atom stereocenters. The molecule has 2 aromatic rings. The zero-order chi connectivity index (χ0) is 21.6. The molecule has 2 aliphatic heterocycles. The number of nitrogens with zero attached hydrogens (tertiary/aromatic N) is 3. The lowest BCUT2D eigenvalue weighted by Crippen LogP contribution is -2.49. The number of rotatable bonds is 8. The van der Waals surface area contributed by atoms with E-state index in [1.54, 1.807) is 4.90 Å². The number of hydrogen-bond donors (Lipinski definition) is 0. The highest BCUT2D eigenvalue weighted by Gasteiger charge is 2.21. The first-order valence-electron chi connectivity index (χ1n) is 10.9. The van der Waals surface area contributed by atoms with Crippen molar-refractivity contribution in [2.75, 3.05) is 53.2 Å². The van der Waals surface area contributed by atoms with Gasteiger partial charge >= 0.3 is 0 Å². The molecule has 0 N–H and O–H groups in total. The van der Waals surface area contributed by atoms with Crippen molar-refractivity contribution in [1.82, 2.24) is 14.7 Å². The molecule has 2 heterocycles. The molecule has 0 aromatic heterocycles. The smallest absolute Gasteiger partial charge is 0.236 e. The molecule has 1 saturated heterocycles. The molecule has 1 amide bonds. The fourth-order valence-corrected chi connectivity index (χ4v) is 3.93. The van der Waals surface area contributed by atoms with Crippen LogP contribution in [0.5, 0.6) is 17.2 Å². The number of hydrogen-bond acceptors (Lipinski definition) is 6. The molecule has 7 heteroatoms. The van der Waals surface area contributed by atoms with Gasteiger partial charge in [-0.2, -0.15) is 0 Å². The van der Waals surface area contributed by atoms with E-state index in [1.807, 2.05) is 44.3 Å². The van der Waals surface area contributed by atoms with Gasteiger partial charge in [0.1, 0.15) is 5.75 Å². The number of piperazine rings is 1. The van der Waals surface area contributed by atoms with Gasteiger partial charge in [-0.05, 0) is 42.3 Å². The van der Waals surface area contributed by atoms with Gasteiger partial charge in [-0.3, -0.25) is 14.6 Å². The van der Waals surface area contributed by atoms with E-state index in [9.17, 15) is 4.79 Å². The van der Waals surface area contributed by atoms with Crippen LogP contribution in [0.3, 0.4) is 0 Å². The van der Waals surface area contributed by atoms with Crippen LogP contribution in [0.25, 0.3) is 0 Å². The quantitative estimate of drug-likeness (QED) is 0.648. The maximum absolute atomic E-state index is 12.7. The zero-order valence-corrected chi connectivity index (χ0v) is 18.4. The Kier molecular flexibility index (Phi) is 6.94. The van der Waals surface area contributed by atoms with Crippen LogP contribution in [-0.4, -0.2) is 73.8 Å². The van der Waals surface area contributed by atoms with Gasteiger partial charge in [0.05, 0.1) is 13.2 Å². The molecule has 0 unspecified atom stereocenters. The van der Waals surface area contributed by atoms with Gasteiger partial charge in [0.25, 0.3) is 0 Å². The second kappa shape index (κ2) is 10.0. The summed E-state index contributed by atoms with van der Waals surface area (Å²) in [6.07, 6.45) is 0. The van der Waals surface area contributed by atoms with Crippen LogP contribution >= 0.6 is 0 Å². The second-order valence-corrected chi connectivity index (χ2v) is 8.07. The van der Waals surface area contributed by atoms with E-state index in [4.69, 9.17) is 14.2 Å². The predicted molar refractivity (Wildman–Crippen MR) is 118 cm³/mol. The number of carbonyl (C=O) groups excluding carboxylic acids is 1. The molecule has 7 nitrogen and oxygen atoms in total. The minimum atomic E-state index is 0.151. The maximum atomic E-state index is 12.7. The first-order valence-corrected chi connectivity index (χ1v) is 10.9. The molecule has 0 aliphatic carbocycles. The largest absolute Gasteiger partial charge is 0.494 e. The average molecular weight is 426 g/mol. The number of carbonyl (C=O) groups is 1. The number of amides is 1. The first kappa shape index (κ1) is 21.5. The Balaban J connectivity index is 1.20. The van der Waals surface area contributed by atoms with Crippen LogP contribution in [0.2, 0.25) is 0 Å². The van der Waals surface area contributed by atoms with Crippen LogP contribution < -0.4 is 14.2 Å². The van der Waals surface area contributed by atoms with Crippen molar-refractivity contribution in [3.63, 3.8) is 0 Å². The number of ether oxygens (including phenoxy) is 3. The Morgan fingerprint density at radius 3 is 2.39 bits per heavy atom. The van der Waals surface area contributed by atoms with Gasteiger partial charge in [0.2, 0.25) is 12.7 Å². The van der Waals surface area contributed by atoms with Crippen molar-refractivity contribution in [2.45, 2.75) is 20.0 Å². The number of fused-ring (bicyclic) bond motifs is 1. The molecule has 1 fully saturated rings. The zero-order valence-electron chi connectivity index (χ0n) is 18.4. The summed E-state index contributed by atoms with van der Waals surface area (Å²) >= 11 is 0. The molecule has 2 aromatic carbocycles. The Bertz CT molecular complexity index is 879. The van der Waals surface area contributed by atoms with Gasteiger partial charge < -0.3 is 19.1 Å². The molecule has 0 saturated carbocycles. The molecule has 0 radical (unpaired) electrons. The highest BCUT2D eigenvalue weighted by atomic mass is 16.7. The summed E-state index contributed by atoms with van der Waals surface area (Å²) in [7, 11) is 1.87. The van der Waals surface area contributed by atoms with E-state index in [1.165, 1.54) is 5.56 Å². The third kappa shape index (κ3) is 5.68. The lowest BCUT2D eigenvalue weighted by molar-refractivity contribution is -0.132. The fraction of sp³-hybridized carbons (Fsp3) is 0.458. The van der Waals surface area contributed by atoms with Crippen LogP contribution in [0.15, 0.2) is 42.5 Å². The number of likely N-dealkylation sites (N-methyl/N-ethyl adjacent to an activating group) is 1. The average Bonchev–Trinajstić information content (AvgIpc) is 3.24. The van der Waals surface area contributed by atoms with E-state index in [0.29, 0.717) is 26.5 Å². The minimum Gasteiger partial charge on any atom is -0.494 e. The first-order chi connectivity index (χ1) is 15.1. The van der Waals surface area contributed by atoms with Crippen LogP contribution in [-0.2, 0) is 17.9 Å². The molecular weight excluding hydrogens is 394 g/mol. The summed E-state index contributed by atoms with van der Waals surface area (Å²) in [6.45, 7) is 8.57. The van der Waals surface area contributed by atoms with E-state index in [-0.39, 0.29) is 5.91 Å². The lowest BCUT2D eigenvalue weighted by Gasteiger charge is -2.35. The molecule has 4 rings (SSSR count). The van der Waals surface area contributed by atoms with Crippen molar-refractivity contribution in [3.8, 4) is 17.2 Å². The van der Waals surface area contributed by atoms with Gasteiger partial charge in [-0.1, -0.05) is 18.2 Å². The summed E-state index contributed by atoms with van der Waals surface area (Å²) < 4.78 is 16.3. The van der Waals surface area contributed by atoms with Crippen molar-refractivity contribution >= 4 is 5.91 Å². The van der Waals surface area contributed by atoms with Gasteiger partial charge in [-0.25, -0.2) is 0 Å². The summed E-state index contributed by atoms with van der Waals surface area (Å²) in [5, 5.41) is 0. The van der Waals surface area contributed by atoms with E-state index in [0.717, 1.165) is 55.5 Å². The molecule has 0 bridgehead atoms. The van der Waals surface area contributed by atoms with Crippen molar-refractivity contribution in [3.05, 3.63) is 53.6 Å². The molecule has 0 spiro atoms. The monoisotopic (exact) mass is 425 g/mol. The standard InChI is InChI=1S/C24H31N3O4/c1-3-29-21-7-4-19(5-8-21)15-25(2)24(28)17-27-12-10-26(11-13-27)16-20-6-9-22-23(14-20)31-18-30-22/h4-9,14H,3,10-13,15-18H2,1-2H3. The van der Waals surface area contributed by atoms with E-state index < -0.39 is 0 Å². The van der Waals surface area contributed by atoms with Crippen molar-refractivity contribution in [2.24, 2.45) is 0 Å². The van der Waals surface area contributed by atoms with E-state index >= 15 is 0 Å². The second-order valence-electron chi connectivity index (χ2n) is 8.07. The maximum Gasteiger partial charge on any atom is 0.236 e. The lowest BCUT2D eigenvalue weighted by atomic mass is 10.1. The molecule has 31 heavy (non-hydrogen) atoms. The molecule has 2 aliphatic rings. The summed E-state index contributed by atoms with van der Waals surface area (Å²) in [4.78, 5) is 19.1. The highest BCUT2D eigenvalue weighted by Crippen LogP contribution is 2.32. The van der Waals surface area contributed by atoms with E-state index in [2.05, 4.69) is 21.9 Å². The topological polar surface area (TPSA) is 54.5 Å². The normalized spacial score (nSPS) is 16.3. The molecular formula is C24H31N3O4. The van der Waals surface area contributed by atoms with Gasteiger partial charge in [0, 0.05) is 46.3 Å². The fourth-order valence-electron chi connectivity index (χ4n) is 3.93. The Morgan fingerprint density at radius 1 is 0.968 bits per heavy atom. The highest BCUT2D eigenvalue weighted by molar-refractivity contribution is 5.78. The number of benzene rings is 2.